The minimum absolute atomic E-state index is 0.0466. The lowest BCUT2D eigenvalue weighted by atomic mass is 10.2. The van der Waals surface area contributed by atoms with E-state index in [4.69, 9.17) is 5.11 Å². The molecule has 0 bridgehead atoms. The Morgan fingerprint density at radius 1 is 1.44 bits per heavy atom. The minimum Gasteiger partial charge on any atom is -0.480 e. The Kier molecular flexibility index (Phi) is 5.09. The van der Waals surface area contributed by atoms with Crippen molar-refractivity contribution in [3.8, 4) is 0 Å². The molecule has 104 valence electrons. The number of rotatable bonds is 8. The van der Waals surface area contributed by atoms with Gasteiger partial charge in [-0.1, -0.05) is 0 Å². The third-order valence-corrected chi connectivity index (χ3v) is 4.19. The molecule has 0 amide bonds. The predicted octanol–water partition coefficient (Wildman–Crippen LogP) is -0.278. The van der Waals surface area contributed by atoms with E-state index in [0.29, 0.717) is 0 Å². The molecule has 1 atom stereocenters. The van der Waals surface area contributed by atoms with E-state index in [0.717, 1.165) is 12.8 Å². The van der Waals surface area contributed by atoms with E-state index in [-0.39, 0.29) is 24.5 Å². The number of aliphatic carboxylic acids is 1. The molecule has 0 aromatic carbocycles. The summed E-state index contributed by atoms with van der Waals surface area (Å²) in [5.41, 5.74) is 0. The SMILES string of the molecule is COC(=O)CCC(NS(=O)(=O)CC1CC1)C(=O)O. The molecule has 7 nitrogen and oxygen atoms in total. The van der Waals surface area contributed by atoms with Gasteiger partial charge in [0.2, 0.25) is 10.0 Å². The van der Waals surface area contributed by atoms with E-state index in [9.17, 15) is 18.0 Å². The number of ether oxygens (including phenoxy) is 1. The molecule has 0 saturated heterocycles. The lowest BCUT2D eigenvalue weighted by Crippen LogP contribution is -2.42. The average Bonchev–Trinajstić information content (AvgIpc) is 3.06. The predicted molar refractivity (Wildman–Crippen MR) is 62.3 cm³/mol. The second kappa shape index (κ2) is 6.14. The van der Waals surface area contributed by atoms with Crippen molar-refractivity contribution < 1.29 is 27.9 Å². The highest BCUT2D eigenvalue weighted by Gasteiger charge is 2.31. The van der Waals surface area contributed by atoms with Gasteiger partial charge in [-0.15, -0.1) is 0 Å². The zero-order valence-corrected chi connectivity index (χ0v) is 10.9. The second-order valence-electron chi connectivity index (χ2n) is 4.35. The fourth-order valence-corrected chi connectivity index (χ4v) is 3.16. The van der Waals surface area contributed by atoms with Crippen LogP contribution in [0.25, 0.3) is 0 Å². The number of carbonyl (C=O) groups excluding carboxylic acids is 1. The zero-order valence-electron chi connectivity index (χ0n) is 10.1. The molecule has 18 heavy (non-hydrogen) atoms. The molecule has 1 aliphatic carbocycles. The summed E-state index contributed by atoms with van der Waals surface area (Å²) in [4.78, 5) is 21.8. The van der Waals surface area contributed by atoms with Crippen molar-refractivity contribution in [1.82, 2.24) is 4.72 Å². The van der Waals surface area contributed by atoms with Crippen molar-refractivity contribution in [3.05, 3.63) is 0 Å². The Morgan fingerprint density at radius 3 is 2.50 bits per heavy atom. The van der Waals surface area contributed by atoms with Crippen molar-refractivity contribution in [1.29, 1.82) is 0 Å². The summed E-state index contributed by atoms with van der Waals surface area (Å²) in [6.45, 7) is 0. The highest BCUT2D eigenvalue weighted by molar-refractivity contribution is 7.89. The standard InChI is InChI=1S/C10H17NO6S/c1-17-9(12)5-4-8(10(13)14)11-18(15,16)6-7-2-3-7/h7-8,11H,2-6H2,1H3,(H,13,14). The van der Waals surface area contributed by atoms with Gasteiger partial charge in [0, 0.05) is 6.42 Å². The fourth-order valence-electron chi connectivity index (χ4n) is 1.46. The van der Waals surface area contributed by atoms with E-state index in [1.807, 2.05) is 0 Å². The molecule has 0 heterocycles. The van der Waals surface area contributed by atoms with Crippen molar-refractivity contribution in [2.75, 3.05) is 12.9 Å². The number of carbonyl (C=O) groups is 2. The van der Waals surface area contributed by atoms with Gasteiger partial charge in [-0.2, -0.15) is 0 Å². The third kappa shape index (κ3) is 5.46. The summed E-state index contributed by atoms with van der Waals surface area (Å²) in [7, 11) is -2.41. The number of esters is 1. The molecule has 1 fully saturated rings. The van der Waals surface area contributed by atoms with Crippen LogP contribution in [0.15, 0.2) is 0 Å². The zero-order chi connectivity index (χ0) is 13.8. The number of hydrogen-bond acceptors (Lipinski definition) is 5. The van der Waals surface area contributed by atoms with Gasteiger partial charge < -0.3 is 9.84 Å². The quantitative estimate of drug-likeness (QED) is 0.591. The van der Waals surface area contributed by atoms with Crippen LogP contribution in [0.1, 0.15) is 25.7 Å². The normalized spacial score (nSPS) is 17.2. The summed E-state index contributed by atoms with van der Waals surface area (Å²) in [6.07, 6.45) is 1.47. The molecule has 0 spiro atoms. The Hall–Kier alpha value is -1.15. The smallest absolute Gasteiger partial charge is 0.321 e. The van der Waals surface area contributed by atoms with Crippen LogP contribution in [-0.2, 0) is 24.3 Å². The maximum absolute atomic E-state index is 11.6. The molecule has 1 unspecified atom stereocenters. The van der Waals surface area contributed by atoms with Gasteiger partial charge in [0.15, 0.2) is 0 Å². The molecule has 8 heteroatoms. The molecule has 2 N–H and O–H groups in total. The largest absolute Gasteiger partial charge is 0.480 e. The van der Waals surface area contributed by atoms with Gasteiger partial charge >= 0.3 is 11.9 Å². The number of carboxylic acids is 1. The Bertz CT molecular complexity index is 414. The van der Waals surface area contributed by atoms with Crippen LogP contribution in [0.3, 0.4) is 0 Å². The highest BCUT2D eigenvalue weighted by Crippen LogP contribution is 2.30. The molecule has 0 radical (unpaired) electrons. The molecular formula is C10H17NO6S. The summed E-state index contributed by atoms with van der Waals surface area (Å²) < 4.78 is 29.7. The topological polar surface area (TPSA) is 110 Å². The van der Waals surface area contributed by atoms with E-state index in [1.54, 1.807) is 0 Å². The molecular weight excluding hydrogens is 262 g/mol. The molecule has 0 aromatic rings. The van der Waals surface area contributed by atoms with Gasteiger partial charge in [0.05, 0.1) is 12.9 Å². The first-order valence-electron chi connectivity index (χ1n) is 5.63. The van der Waals surface area contributed by atoms with Crippen LogP contribution < -0.4 is 4.72 Å². The average molecular weight is 279 g/mol. The fraction of sp³-hybridized carbons (Fsp3) is 0.800. The Labute approximate surface area is 106 Å². The van der Waals surface area contributed by atoms with Gasteiger partial charge in [-0.05, 0) is 25.2 Å². The number of carboxylic acid groups (broad SMARTS) is 1. The maximum Gasteiger partial charge on any atom is 0.321 e. The molecule has 0 aliphatic heterocycles. The number of nitrogens with one attached hydrogen (secondary N) is 1. The lowest BCUT2D eigenvalue weighted by Gasteiger charge is -2.13. The van der Waals surface area contributed by atoms with Gasteiger partial charge in [0.25, 0.3) is 0 Å². The Morgan fingerprint density at radius 2 is 2.06 bits per heavy atom. The third-order valence-electron chi connectivity index (χ3n) is 2.64. The van der Waals surface area contributed by atoms with Crippen molar-refractivity contribution in [2.45, 2.75) is 31.7 Å². The van der Waals surface area contributed by atoms with E-state index in [2.05, 4.69) is 9.46 Å². The molecule has 1 aliphatic rings. The van der Waals surface area contributed by atoms with Crippen LogP contribution in [0, 0.1) is 5.92 Å². The summed E-state index contributed by atoms with van der Waals surface area (Å²) in [6, 6.07) is -1.28. The Balaban J connectivity index is 2.50. The van der Waals surface area contributed by atoms with Crippen molar-refractivity contribution in [3.63, 3.8) is 0 Å². The monoisotopic (exact) mass is 279 g/mol. The molecule has 1 rings (SSSR count). The van der Waals surface area contributed by atoms with Crippen LogP contribution in [0.4, 0.5) is 0 Å². The number of methoxy groups -OCH3 is 1. The van der Waals surface area contributed by atoms with E-state index >= 15 is 0 Å². The summed E-state index contributed by atoms with van der Waals surface area (Å²) in [5.74, 6) is -1.77. The van der Waals surface area contributed by atoms with Gasteiger partial charge in [-0.25, -0.2) is 13.1 Å². The van der Waals surface area contributed by atoms with E-state index < -0.39 is 28.0 Å². The maximum atomic E-state index is 11.6. The van der Waals surface area contributed by atoms with Gasteiger partial charge in [-0.3, -0.25) is 9.59 Å². The lowest BCUT2D eigenvalue weighted by molar-refractivity contribution is -0.142. The van der Waals surface area contributed by atoms with Crippen LogP contribution >= 0.6 is 0 Å². The van der Waals surface area contributed by atoms with E-state index in [1.165, 1.54) is 7.11 Å². The van der Waals surface area contributed by atoms with Crippen LogP contribution in [0.5, 0.6) is 0 Å². The first-order valence-corrected chi connectivity index (χ1v) is 7.29. The van der Waals surface area contributed by atoms with Gasteiger partial charge in [0.1, 0.15) is 6.04 Å². The van der Waals surface area contributed by atoms with Crippen molar-refractivity contribution >= 4 is 22.0 Å². The molecule has 1 saturated carbocycles. The summed E-state index contributed by atoms with van der Waals surface area (Å²) in [5, 5.41) is 8.89. The highest BCUT2D eigenvalue weighted by atomic mass is 32.2. The minimum atomic E-state index is -3.60. The number of hydrogen-bond donors (Lipinski definition) is 2. The van der Waals surface area contributed by atoms with Crippen LogP contribution in [0.2, 0.25) is 0 Å². The molecule has 0 aromatic heterocycles. The van der Waals surface area contributed by atoms with Crippen LogP contribution in [-0.4, -0.2) is 44.4 Å². The van der Waals surface area contributed by atoms with Crippen molar-refractivity contribution in [2.24, 2.45) is 5.92 Å². The number of sulfonamides is 1. The summed E-state index contributed by atoms with van der Waals surface area (Å²) >= 11 is 0. The first kappa shape index (κ1) is 14.9. The second-order valence-corrected chi connectivity index (χ2v) is 6.15. The first-order chi connectivity index (χ1) is 8.34.